The molecular weight excluding hydrogens is 206 g/mol. The van der Waals surface area contributed by atoms with Gasteiger partial charge in [-0.15, -0.1) is 0 Å². The second-order valence-electron chi connectivity index (χ2n) is 4.66. The van der Waals surface area contributed by atoms with Crippen LogP contribution in [0.1, 0.15) is 25.8 Å². The van der Waals surface area contributed by atoms with Crippen molar-refractivity contribution in [3.05, 3.63) is 54.4 Å². The summed E-state index contributed by atoms with van der Waals surface area (Å²) in [7, 11) is 0. The first-order chi connectivity index (χ1) is 8.29. The van der Waals surface area contributed by atoms with Gasteiger partial charge in [-0.2, -0.15) is 0 Å². The number of pyridine rings is 1. The van der Waals surface area contributed by atoms with Crippen LogP contribution in [0.2, 0.25) is 0 Å². The molecule has 88 valence electrons. The first-order valence-electron chi connectivity index (χ1n) is 6.29. The highest BCUT2D eigenvalue weighted by Gasteiger charge is 2.02. The number of hydrogen-bond donors (Lipinski definition) is 0. The molecule has 1 nitrogen and oxygen atoms in total. The molecule has 0 aliphatic rings. The summed E-state index contributed by atoms with van der Waals surface area (Å²) in [4.78, 5) is 4.15. The molecule has 0 radical (unpaired) electrons. The highest BCUT2D eigenvalue weighted by molar-refractivity contribution is 5.62. The average Bonchev–Trinajstić information content (AvgIpc) is 2.40. The van der Waals surface area contributed by atoms with E-state index < -0.39 is 0 Å². The van der Waals surface area contributed by atoms with Gasteiger partial charge in [0.15, 0.2) is 0 Å². The normalized spacial score (nSPS) is 12.4. The van der Waals surface area contributed by atoms with Crippen molar-refractivity contribution in [2.75, 3.05) is 0 Å². The summed E-state index contributed by atoms with van der Waals surface area (Å²) >= 11 is 0. The van der Waals surface area contributed by atoms with Gasteiger partial charge >= 0.3 is 0 Å². The van der Waals surface area contributed by atoms with Crippen molar-refractivity contribution in [3.8, 4) is 11.1 Å². The summed E-state index contributed by atoms with van der Waals surface area (Å²) in [6.07, 6.45) is 6.12. The molecule has 0 saturated heterocycles. The van der Waals surface area contributed by atoms with Crippen molar-refractivity contribution >= 4 is 0 Å². The van der Waals surface area contributed by atoms with Crippen molar-refractivity contribution in [1.82, 2.24) is 4.98 Å². The Kier molecular flexibility index (Phi) is 3.92. The maximum atomic E-state index is 4.15. The molecule has 1 unspecified atom stereocenters. The van der Waals surface area contributed by atoms with Crippen molar-refractivity contribution in [3.63, 3.8) is 0 Å². The molecule has 1 aromatic heterocycles. The fourth-order valence-corrected chi connectivity index (χ4v) is 1.91. The number of rotatable bonds is 4. The zero-order chi connectivity index (χ0) is 12.1. The van der Waals surface area contributed by atoms with Crippen molar-refractivity contribution in [2.45, 2.75) is 26.7 Å². The van der Waals surface area contributed by atoms with E-state index in [1.165, 1.54) is 29.5 Å². The molecule has 0 aliphatic heterocycles. The minimum atomic E-state index is 0.763. The maximum Gasteiger partial charge on any atom is 0.0346 e. The Balaban J connectivity index is 2.13. The summed E-state index contributed by atoms with van der Waals surface area (Å²) in [5, 5.41) is 0. The number of benzene rings is 1. The van der Waals surface area contributed by atoms with Gasteiger partial charge in [0, 0.05) is 12.4 Å². The Morgan fingerprint density at radius 1 is 1.06 bits per heavy atom. The van der Waals surface area contributed by atoms with Crippen LogP contribution < -0.4 is 0 Å². The van der Waals surface area contributed by atoms with E-state index in [1.54, 1.807) is 6.20 Å². The smallest absolute Gasteiger partial charge is 0.0346 e. The molecule has 0 fully saturated rings. The van der Waals surface area contributed by atoms with E-state index in [0.29, 0.717) is 0 Å². The van der Waals surface area contributed by atoms with Crippen LogP contribution in [0.3, 0.4) is 0 Å². The molecule has 0 aliphatic carbocycles. The molecule has 17 heavy (non-hydrogen) atoms. The number of nitrogens with zero attached hydrogens (tertiary/aromatic N) is 1. The van der Waals surface area contributed by atoms with Crippen LogP contribution in [-0.4, -0.2) is 4.98 Å². The first kappa shape index (κ1) is 11.8. The molecule has 2 rings (SSSR count). The lowest BCUT2D eigenvalue weighted by Crippen LogP contribution is -1.97. The molecule has 0 amide bonds. The highest BCUT2D eigenvalue weighted by Crippen LogP contribution is 2.20. The third-order valence-electron chi connectivity index (χ3n) is 3.23. The quantitative estimate of drug-likeness (QED) is 0.754. The van der Waals surface area contributed by atoms with Gasteiger partial charge in [-0.25, -0.2) is 0 Å². The Hall–Kier alpha value is -1.63. The molecule has 0 spiro atoms. The van der Waals surface area contributed by atoms with E-state index in [-0.39, 0.29) is 0 Å². The summed E-state index contributed by atoms with van der Waals surface area (Å²) in [5.74, 6) is 0.763. The molecule has 0 N–H and O–H groups in total. The third-order valence-corrected chi connectivity index (χ3v) is 3.23. The van der Waals surface area contributed by atoms with Crippen LogP contribution >= 0.6 is 0 Å². The van der Waals surface area contributed by atoms with Gasteiger partial charge in [0.25, 0.3) is 0 Å². The van der Waals surface area contributed by atoms with Crippen LogP contribution in [0.5, 0.6) is 0 Å². The second kappa shape index (κ2) is 5.62. The van der Waals surface area contributed by atoms with Gasteiger partial charge in [-0.05, 0) is 35.1 Å². The zero-order valence-electron chi connectivity index (χ0n) is 10.6. The summed E-state index contributed by atoms with van der Waals surface area (Å²) in [6.45, 7) is 4.55. The van der Waals surface area contributed by atoms with Crippen molar-refractivity contribution in [1.29, 1.82) is 0 Å². The van der Waals surface area contributed by atoms with Gasteiger partial charge in [-0.3, -0.25) is 4.98 Å². The minimum Gasteiger partial charge on any atom is -0.264 e. The van der Waals surface area contributed by atoms with Crippen LogP contribution in [-0.2, 0) is 6.42 Å². The van der Waals surface area contributed by atoms with Crippen LogP contribution in [0.4, 0.5) is 0 Å². The topological polar surface area (TPSA) is 12.9 Å². The van der Waals surface area contributed by atoms with E-state index >= 15 is 0 Å². The minimum absolute atomic E-state index is 0.763. The lowest BCUT2D eigenvalue weighted by Gasteiger charge is -2.09. The van der Waals surface area contributed by atoms with Gasteiger partial charge in [-0.1, -0.05) is 50.6 Å². The van der Waals surface area contributed by atoms with Crippen LogP contribution in [0, 0.1) is 5.92 Å². The lowest BCUT2D eigenvalue weighted by molar-refractivity contribution is 0.560. The van der Waals surface area contributed by atoms with Crippen LogP contribution in [0.25, 0.3) is 11.1 Å². The molecule has 1 heteroatoms. The lowest BCUT2D eigenvalue weighted by atomic mass is 9.97. The Morgan fingerprint density at radius 3 is 2.41 bits per heavy atom. The first-order valence-corrected chi connectivity index (χ1v) is 6.29. The summed E-state index contributed by atoms with van der Waals surface area (Å²) in [5.41, 5.74) is 3.85. The summed E-state index contributed by atoms with van der Waals surface area (Å²) in [6, 6.07) is 12.9. The number of aromatic nitrogens is 1. The second-order valence-corrected chi connectivity index (χ2v) is 4.66. The molecule has 2 aromatic rings. The van der Waals surface area contributed by atoms with E-state index in [4.69, 9.17) is 0 Å². The van der Waals surface area contributed by atoms with E-state index in [0.717, 1.165) is 5.92 Å². The molecule has 0 saturated carbocycles. The van der Waals surface area contributed by atoms with Crippen LogP contribution in [0.15, 0.2) is 48.8 Å². The van der Waals surface area contributed by atoms with E-state index in [1.807, 2.05) is 12.3 Å². The van der Waals surface area contributed by atoms with Crippen molar-refractivity contribution < 1.29 is 0 Å². The van der Waals surface area contributed by atoms with Gasteiger partial charge in [0.2, 0.25) is 0 Å². The molecule has 1 heterocycles. The molecule has 1 aromatic carbocycles. The van der Waals surface area contributed by atoms with Gasteiger partial charge < -0.3 is 0 Å². The van der Waals surface area contributed by atoms with E-state index in [9.17, 15) is 0 Å². The fourth-order valence-electron chi connectivity index (χ4n) is 1.91. The van der Waals surface area contributed by atoms with E-state index in [2.05, 4.69) is 49.2 Å². The SMILES string of the molecule is CCC(C)Cc1ccc(-c2cccnc2)cc1. The Morgan fingerprint density at radius 2 is 1.82 bits per heavy atom. The number of hydrogen-bond acceptors (Lipinski definition) is 1. The van der Waals surface area contributed by atoms with Gasteiger partial charge in [0.05, 0.1) is 0 Å². The molecule has 0 bridgehead atoms. The third kappa shape index (κ3) is 3.16. The Bertz CT molecular complexity index is 445. The average molecular weight is 225 g/mol. The maximum absolute atomic E-state index is 4.15. The highest BCUT2D eigenvalue weighted by atomic mass is 14.6. The molecule has 1 atom stereocenters. The Labute approximate surface area is 104 Å². The largest absolute Gasteiger partial charge is 0.264 e. The standard InChI is InChI=1S/C16H19N/c1-3-13(2)11-14-6-8-15(9-7-14)16-5-4-10-17-12-16/h4-10,12-13H,3,11H2,1-2H3. The predicted octanol–water partition coefficient (Wildman–Crippen LogP) is 4.34. The van der Waals surface area contributed by atoms with Gasteiger partial charge in [0.1, 0.15) is 0 Å². The predicted molar refractivity (Wildman–Crippen MR) is 72.8 cm³/mol. The summed E-state index contributed by atoms with van der Waals surface area (Å²) < 4.78 is 0. The van der Waals surface area contributed by atoms with Crippen molar-refractivity contribution in [2.24, 2.45) is 5.92 Å². The molecular formula is C16H19N. The zero-order valence-corrected chi connectivity index (χ0v) is 10.6. The monoisotopic (exact) mass is 225 g/mol. The fraction of sp³-hybridized carbons (Fsp3) is 0.312.